The number of amides is 2. The molecular weight excluding hydrogens is 336 g/mol. The fourth-order valence-corrected chi connectivity index (χ4v) is 3.20. The third kappa shape index (κ3) is 4.60. The van der Waals surface area contributed by atoms with Crippen LogP contribution in [0.15, 0.2) is 48.5 Å². The Balaban J connectivity index is 1.54. The SMILES string of the molecule is O=C(Nc1ccc(CCC(=O)N2CCCC2)cc1)c1ccccc1Cl. The van der Waals surface area contributed by atoms with E-state index in [1.165, 1.54) is 0 Å². The lowest BCUT2D eigenvalue weighted by atomic mass is 10.1. The van der Waals surface area contributed by atoms with Crippen LogP contribution in [-0.2, 0) is 11.2 Å². The van der Waals surface area contributed by atoms with Crippen LogP contribution in [0.2, 0.25) is 5.02 Å². The molecule has 2 aromatic rings. The summed E-state index contributed by atoms with van der Waals surface area (Å²) >= 11 is 6.04. The van der Waals surface area contributed by atoms with Crippen molar-refractivity contribution in [3.05, 3.63) is 64.7 Å². The Bertz CT molecular complexity index is 753. The van der Waals surface area contributed by atoms with Crippen LogP contribution in [0.4, 0.5) is 5.69 Å². The molecule has 3 rings (SSSR count). The maximum Gasteiger partial charge on any atom is 0.257 e. The van der Waals surface area contributed by atoms with Gasteiger partial charge in [-0.2, -0.15) is 0 Å². The summed E-state index contributed by atoms with van der Waals surface area (Å²) in [4.78, 5) is 26.3. The smallest absolute Gasteiger partial charge is 0.257 e. The van der Waals surface area contributed by atoms with Crippen molar-refractivity contribution >= 4 is 29.1 Å². The third-order valence-electron chi connectivity index (χ3n) is 4.42. The van der Waals surface area contributed by atoms with Crippen molar-refractivity contribution in [2.75, 3.05) is 18.4 Å². The van der Waals surface area contributed by atoms with E-state index >= 15 is 0 Å². The topological polar surface area (TPSA) is 49.4 Å². The molecule has 1 N–H and O–H groups in total. The summed E-state index contributed by atoms with van der Waals surface area (Å²) in [5, 5.41) is 3.27. The molecule has 0 saturated carbocycles. The van der Waals surface area contributed by atoms with Gasteiger partial charge in [0.15, 0.2) is 0 Å². The van der Waals surface area contributed by atoms with E-state index in [0.717, 1.165) is 31.5 Å². The largest absolute Gasteiger partial charge is 0.343 e. The van der Waals surface area contributed by atoms with Crippen molar-refractivity contribution in [2.45, 2.75) is 25.7 Å². The number of halogens is 1. The van der Waals surface area contributed by atoms with Crippen LogP contribution in [-0.4, -0.2) is 29.8 Å². The quantitative estimate of drug-likeness (QED) is 0.875. The maximum atomic E-state index is 12.2. The Morgan fingerprint density at radius 2 is 1.68 bits per heavy atom. The highest BCUT2D eigenvalue weighted by Gasteiger charge is 2.17. The summed E-state index contributed by atoms with van der Waals surface area (Å²) in [6, 6.07) is 14.5. The van der Waals surface area contributed by atoms with Gasteiger partial charge in [-0.1, -0.05) is 35.9 Å². The zero-order valence-electron chi connectivity index (χ0n) is 14.0. The Morgan fingerprint density at radius 3 is 2.36 bits per heavy atom. The van der Waals surface area contributed by atoms with Gasteiger partial charge < -0.3 is 10.2 Å². The van der Waals surface area contributed by atoms with Crippen LogP contribution in [0.3, 0.4) is 0 Å². The summed E-state index contributed by atoms with van der Waals surface area (Å²) in [5.74, 6) is -0.00356. The molecule has 5 heteroatoms. The number of hydrogen-bond acceptors (Lipinski definition) is 2. The average molecular weight is 357 g/mol. The highest BCUT2D eigenvalue weighted by Crippen LogP contribution is 2.18. The van der Waals surface area contributed by atoms with Crippen LogP contribution in [0.1, 0.15) is 35.2 Å². The van der Waals surface area contributed by atoms with Gasteiger partial charge >= 0.3 is 0 Å². The van der Waals surface area contributed by atoms with E-state index in [-0.39, 0.29) is 11.8 Å². The summed E-state index contributed by atoms with van der Waals surface area (Å²) in [7, 11) is 0. The van der Waals surface area contributed by atoms with E-state index in [4.69, 9.17) is 11.6 Å². The first-order valence-electron chi connectivity index (χ1n) is 8.56. The summed E-state index contributed by atoms with van der Waals surface area (Å²) < 4.78 is 0. The Kier molecular flexibility index (Phi) is 5.71. The molecule has 25 heavy (non-hydrogen) atoms. The summed E-state index contributed by atoms with van der Waals surface area (Å²) in [6.07, 6.45) is 3.48. The first kappa shape index (κ1) is 17.5. The molecule has 2 aromatic carbocycles. The first-order chi connectivity index (χ1) is 12.1. The minimum Gasteiger partial charge on any atom is -0.343 e. The number of benzene rings is 2. The molecule has 1 aliphatic heterocycles. The zero-order valence-corrected chi connectivity index (χ0v) is 14.8. The van der Waals surface area contributed by atoms with E-state index in [1.54, 1.807) is 24.3 Å². The predicted molar refractivity (Wildman–Crippen MR) is 100.0 cm³/mol. The third-order valence-corrected chi connectivity index (χ3v) is 4.75. The Hall–Kier alpha value is -2.33. The monoisotopic (exact) mass is 356 g/mol. The van der Waals surface area contributed by atoms with E-state index in [0.29, 0.717) is 29.1 Å². The molecule has 0 spiro atoms. The molecule has 0 radical (unpaired) electrons. The fourth-order valence-electron chi connectivity index (χ4n) is 2.97. The first-order valence-corrected chi connectivity index (χ1v) is 8.94. The molecule has 2 amide bonds. The summed E-state index contributed by atoms with van der Waals surface area (Å²) in [5.41, 5.74) is 2.24. The molecule has 0 aromatic heterocycles. The van der Waals surface area contributed by atoms with Gasteiger partial charge in [-0.05, 0) is 49.1 Å². The number of aryl methyl sites for hydroxylation is 1. The number of carbonyl (C=O) groups is 2. The van der Waals surface area contributed by atoms with Crippen molar-refractivity contribution in [2.24, 2.45) is 0 Å². The zero-order chi connectivity index (χ0) is 17.6. The van der Waals surface area contributed by atoms with Gasteiger partial charge in [0.25, 0.3) is 5.91 Å². The number of nitrogens with one attached hydrogen (secondary N) is 1. The molecule has 0 atom stereocenters. The lowest BCUT2D eigenvalue weighted by Crippen LogP contribution is -2.27. The van der Waals surface area contributed by atoms with Gasteiger partial charge in [0, 0.05) is 25.2 Å². The maximum absolute atomic E-state index is 12.2. The molecule has 0 aliphatic carbocycles. The number of anilines is 1. The van der Waals surface area contributed by atoms with E-state index < -0.39 is 0 Å². The van der Waals surface area contributed by atoms with Gasteiger partial charge in [0.05, 0.1) is 10.6 Å². The van der Waals surface area contributed by atoms with Crippen LogP contribution in [0, 0.1) is 0 Å². The van der Waals surface area contributed by atoms with Crippen LogP contribution in [0.5, 0.6) is 0 Å². The van der Waals surface area contributed by atoms with E-state index in [9.17, 15) is 9.59 Å². The lowest BCUT2D eigenvalue weighted by Gasteiger charge is -2.15. The molecule has 1 heterocycles. The van der Waals surface area contributed by atoms with Gasteiger partial charge in [-0.3, -0.25) is 9.59 Å². The van der Waals surface area contributed by atoms with E-state index in [2.05, 4.69) is 5.32 Å². The minimum absolute atomic E-state index is 0.230. The average Bonchev–Trinajstić information content (AvgIpc) is 3.16. The second kappa shape index (κ2) is 8.17. The number of hydrogen-bond donors (Lipinski definition) is 1. The molecule has 1 saturated heterocycles. The van der Waals surface area contributed by atoms with Crippen molar-refractivity contribution in [3.63, 3.8) is 0 Å². The van der Waals surface area contributed by atoms with Crippen molar-refractivity contribution in [3.8, 4) is 0 Å². The molecule has 130 valence electrons. The predicted octanol–water partition coefficient (Wildman–Crippen LogP) is 4.15. The van der Waals surface area contributed by atoms with Crippen molar-refractivity contribution < 1.29 is 9.59 Å². The summed E-state index contributed by atoms with van der Waals surface area (Å²) in [6.45, 7) is 1.79. The van der Waals surface area contributed by atoms with Crippen LogP contribution < -0.4 is 5.32 Å². The van der Waals surface area contributed by atoms with Gasteiger partial charge in [0.2, 0.25) is 5.91 Å². The second-order valence-electron chi connectivity index (χ2n) is 6.22. The van der Waals surface area contributed by atoms with Gasteiger partial charge in [-0.25, -0.2) is 0 Å². The van der Waals surface area contributed by atoms with Crippen molar-refractivity contribution in [1.29, 1.82) is 0 Å². The normalized spacial score (nSPS) is 13.7. The number of carbonyl (C=O) groups excluding carboxylic acids is 2. The minimum atomic E-state index is -0.234. The molecule has 1 aliphatic rings. The lowest BCUT2D eigenvalue weighted by molar-refractivity contribution is -0.130. The fraction of sp³-hybridized carbons (Fsp3) is 0.300. The Morgan fingerprint density at radius 1 is 1.00 bits per heavy atom. The van der Waals surface area contributed by atoms with E-state index in [1.807, 2.05) is 29.2 Å². The molecule has 0 bridgehead atoms. The molecule has 4 nitrogen and oxygen atoms in total. The number of likely N-dealkylation sites (tertiary alicyclic amines) is 1. The Labute approximate surface area is 152 Å². The molecule has 1 fully saturated rings. The van der Waals surface area contributed by atoms with Gasteiger partial charge in [0.1, 0.15) is 0 Å². The number of rotatable bonds is 5. The molecule has 0 unspecified atom stereocenters. The van der Waals surface area contributed by atoms with Gasteiger partial charge in [-0.15, -0.1) is 0 Å². The van der Waals surface area contributed by atoms with Crippen LogP contribution >= 0.6 is 11.6 Å². The highest BCUT2D eigenvalue weighted by molar-refractivity contribution is 6.34. The number of nitrogens with zero attached hydrogens (tertiary/aromatic N) is 1. The second-order valence-corrected chi connectivity index (χ2v) is 6.63. The van der Waals surface area contributed by atoms with Crippen molar-refractivity contribution in [1.82, 2.24) is 4.90 Å². The molecular formula is C20H21ClN2O2. The standard InChI is InChI=1S/C20H21ClN2O2/c21-18-6-2-1-5-17(18)20(25)22-16-10-7-15(8-11-16)9-12-19(24)23-13-3-4-14-23/h1-2,5-8,10-11H,3-4,9,12-14H2,(H,22,25). The highest BCUT2D eigenvalue weighted by atomic mass is 35.5. The van der Waals surface area contributed by atoms with Crippen LogP contribution in [0.25, 0.3) is 0 Å².